The molecule has 0 aliphatic heterocycles. The van der Waals surface area contributed by atoms with Gasteiger partial charge in [-0.15, -0.1) is 11.3 Å². The van der Waals surface area contributed by atoms with E-state index in [-0.39, 0.29) is 11.4 Å². The largest absolute Gasteiger partial charge is 0.507 e. The molecule has 4 aromatic rings. The van der Waals surface area contributed by atoms with Crippen LogP contribution in [0.2, 0.25) is 0 Å². The van der Waals surface area contributed by atoms with Crippen molar-refractivity contribution in [2.75, 3.05) is 0 Å². The average Bonchev–Trinajstić information content (AvgIpc) is 3.35. The molecule has 0 saturated carbocycles. The Bertz CT molecular complexity index is 1210. The van der Waals surface area contributed by atoms with E-state index in [1.54, 1.807) is 23.6 Å². The Kier molecular flexibility index (Phi) is 5.48. The molecule has 0 fully saturated rings. The second kappa shape index (κ2) is 8.08. The third-order valence-electron chi connectivity index (χ3n) is 4.21. The van der Waals surface area contributed by atoms with Crippen molar-refractivity contribution in [1.29, 1.82) is 0 Å². The highest BCUT2D eigenvalue weighted by Crippen LogP contribution is 2.32. The van der Waals surface area contributed by atoms with Crippen molar-refractivity contribution < 1.29 is 18.3 Å². The fourth-order valence-electron chi connectivity index (χ4n) is 2.72. The summed E-state index contributed by atoms with van der Waals surface area (Å²) in [4.78, 5) is 4.46. The standard InChI is InChI=1S/C21H13BrF3N3OS/c22-15-8-5-13(6-9-15)17-12-30-20(26-17)28-16(11-19(27-28)21(23,24)25)10-7-14-3-1-2-4-18(14)29/h1-12,29H. The molecule has 0 amide bonds. The molecule has 0 aliphatic carbocycles. The van der Waals surface area contributed by atoms with Crippen LogP contribution < -0.4 is 0 Å². The fraction of sp³-hybridized carbons (Fsp3) is 0.0476. The number of para-hydroxylation sites is 1. The van der Waals surface area contributed by atoms with Gasteiger partial charge in [0.25, 0.3) is 0 Å². The van der Waals surface area contributed by atoms with Gasteiger partial charge in [-0.1, -0.05) is 46.3 Å². The van der Waals surface area contributed by atoms with Crippen LogP contribution in [-0.4, -0.2) is 19.9 Å². The molecule has 0 atom stereocenters. The van der Waals surface area contributed by atoms with Crippen molar-refractivity contribution in [2.24, 2.45) is 0 Å². The number of thiazole rings is 1. The predicted octanol–water partition coefficient (Wildman–Crippen LogP) is 6.65. The zero-order valence-corrected chi connectivity index (χ0v) is 17.5. The summed E-state index contributed by atoms with van der Waals surface area (Å²) >= 11 is 4.56. The molecule has 4 nitrogen and oxygen atoms in total. The molecule has 0 spiro atoms. The molecule has 152 valence electrons. The first-order valence-corrected chi connectivity index (χ1v) is 10.3. The SMILES string of the molecule is Oc1ccccc1C=Cc1cc(C(F)(F)F)nn1-c1nc(-c2ccc(Br)cc2)cs1. The molecule has 1 N–H and O–H groups in total. The first-order chi connectivity index (χ1) is 14.3. The molecule has 4 rings (SSSR count). The lowest BCUT2D eigenvalue weighted by Gasteiger charge is -2.01. The molecular weight excluding hydrogens is 479 g/mol. The molecule has 2 aromatic heterocycles. The Balaban J connectivity index is 1.75. The number of phenols is 1. The normalized spacial score (nSPS) is 12.0. The van der Waals surface area contributed by atoms with E-state index in [1.807, 2.05) is 24.3 Å². The number of phenolic OH excluding ortho intramolecular Hbond substituents is 1. The van der Waals surface area contributed by atoms with Gasteiger partial charge < -0.3 is 5.11 Å². The number of alkyl halides is 3. The van der Waals surface area contributed by atoms with Gasteiger partial charge in [0, 0.05) is 21.0 Å². The molecule has 0 bridgehead atoms. The maximum Gasteiger partial charge on any atom is 0.435 e. The van der Waals surface area contributed by atoms with E-state index < -0.39 is 11.9 Å². The lowest BCUT2D eigenvalue weighted by molar-refractivity contribution is -0.141. The van der Waals surface area contributed by atoms with Gasteiger partial charge in [-0.3, -0.25) is 0 Å². The van der Waals surface area contributed by atoms with Gasteiger partial charge in [-0.2, -0.15) is 18.3 Å². The Morgan fingerprint density at radius 3 is 2.47 bits per heavy atom. The lowest BCUT2D eigenvalue weighted by Crippen LogP contribution is -2.07. The van der Waals surface area contributed by atoms with Crippen LogP contribution in [0.15, 0.2) is 64.5 Å². The van der Waals surface area contributed by atoms with Crippen LogP contribution in [0, 0.1) is 0 Å². The van der Waals surface area contributed by atoms with E-state index in [0.717, 1.165) is 20.8 Å². The third-order valence-corrected chi connectivity index (χ3v) is 5.56. The van der Waals surface area contributed by atoms with E-state index in [0.29, 0.717) is 16.4 Å². The maximum atomic E-state index is 13.3. The van der Waals surface area contributed by atoms with Gasteiger partial charge in [0.15, 0.2) is 5.69 Å². The van der Waals surface area contributed by atoms with Crippen molar-refractivity contribution >= 4 is 39.4 Å². The molecule has 0 unspecified atom stereocenters. The van der Waals surface area contributed by atoms with Gasteiger partial charge in [-0.05, 0) is 36.4 Å². The zero-order chi connectivity index (χ0) is 21.3. The summed E-state index contributed by atoms with van der Waals surface area (Å²) in [7, 11) is 0. The van der Waals surface area contributed by atoms with E-state index in [9.17, 15) is 18.3 Å². The summed E-state index contributed by atoms with van der Waals surface area (Å²) < 4.78 is 41.9. The van der Waals surface area contributed by atoms with Crippen molar-refractivity contribution in [3.63, 3.8) is 0 Å². The van der Waals surface area contributed by atoms with Crippen LogP contribution in [0.1, 0.15) is 17.0 Å². The van der Waals surface area contributed by atoms with Crippen LogP contribution in [-0.2, 0) is 6.18 Å². The predicted molar refractivity (Wildman–Crippen MR) is 114 cm³/mol. The Labute approximate surface area is 182 Å². The number of rotatable bonds is 4. The molecule has 0 radical (unpaired) electrons. The molecular formula is C21H13BrF3N3OS. The van der Waals surface area contributed by atoms with Gasteiger partial charge in [0.05, 0.1) is 11.4 Å². The maximum absolute atomic E-state index is 13.3. The summed E-state index contributed by atoms with van der Waals surface area (Å²) in [6, 6.07) is 15.0. The number of aromatic nitrogens is 3. The minimum absolute atomic E-state index is 0.0302. The second-order valence-electron chi connectivity index (χ2n) is 6.28. The first-order valence-electron chi connectivity index (χ1n) is 8.66. The highest BCUT2D eigenvalue weighted by molar-refractivity contribution is 9.10. The van der Waals surface area contributed by atoms with E-state index in [2.05, 4.69) is 26.0 Å². The van der Waals surface area contributed by atoms with Gasteiger partial charge in [-0.25, -0.2) is 9.67 Å². The van der Waals surface area contributed by atoms with Crippen LogP contribution in [0.3, 0.4) is 0 Å². The monoisotopic (exact) mass is 491 g/mol. The highest BCUT2D eigenvalue weighted by atomic mass is 79.9. The summed E-state index contributed by atoms with van der Waals surface area (Å²) in [5.41, 5.74) is 1.15. The number of nitrogens with zero attached hydrogens (tertiary/aromatic N) is 3. The molecule has 0 aliphatic rings. The van der Waals surface area contributed by atoms with Crippen molar-refractivity contribution in [1.82, 2.24) is 14.8 Å². The first kappa shape index (κ1) is 20.4. The highest BCUT2D eigenvalue weighted by Gasteiger charge is 2.35. The summed E-state index contributed by atoms with van der Waals surface area (Å²) in [6.07, 6.45) is -1.58. The second-order valence-corrected chi connectivity index (χ2v) is 8.03. The molecule has 9 heteroatoms. The van der Waals surface area contributed by atoms with Crippen LogP contribution in [0.5, 0.6) is 5.75 Å². The third kappa shape index (κ3) is 4.31. The Morgan fingerprint density at radius 1 is 1.03 bits per heavy atom. The number of benzene rings is 2. The minimum atomic E-state index is -4.59. The molecule has 2 aromatic carbocycles. The molecule has 2 heterocycles. The van der Waals surface area contributed by atoms with E-state index >= 15 is 0 Å². The van der Waals surface area contributed by atoms with E-state index in [4.69, 9.17) is 0 Å². The Hall–Kier alpha value is -2.91. The number of hydrogen-bond donors (Lipinski definition) is 1. The lowest BCUT2D eigenvalue weighted by atomic mass is 10.2. The zero-order valence-electron chi connectivity index (χ0n) is 15.1. The van der Waals surface area contributed by atoms with Crippen molar-refractivity contribution in [2.45, 2.75) is 6.18 Å². The smallest absolute Gasteiger partial charge is 0.435 e. The molecule has 30 heavy (non-hydrogen) atoms. The fourth-order valence-corrected chi connectivity index (χ4v) is 3.79. The van der Waals surface area contributed by atoms with Crippen molar-refractivity contribution in [3.8, 4) is 22.1 Å². The van der Waals surface area contributed by atoms with E-state index in [1.165, 1.54) is 29.6 Å². The van der Waals surface area contributed by atoms with Crippen LogP contribution in [0.4, 0.5) is 13.2 Å². The average molecular weight is 492 g/mol. The quantitative estimate of drug-likeness (QED) is 0.347. The summed E-state index contributed by atoms with van der Waals surface area (Å²) in [5, 5.41) is 15.7. The summed E-state index contributed by atoms with van der Waals surface area (Å²) in [5.74, 6) is 0.0302. The minimum Gasteiger partial charge on any atom is -0.507 e. The number of hydrogen-bond acceptors (Lipinski definition) is 4. The van der Waals surface area contributed by atoms with Gasteiger partial charge in [0.1, 0.15) is 5.75 Å². The van der Waals surface area contributed by atoms with Crippen LogP contribution in [0.25, 0.3) is 28.5 Å². The summed E-state index contributed by atoms with van der Waals surface area (Å²) in [6.45, 7) is 0. The van der Waals surface area contributed by atoms with Crippen molar-refractivity contribution in [3.05, 3.63) is 81.4 Å². The topological polar surface area (TPSA) is 50.9 Å². The number of aromatic hydroxyl groups is 1. The van der Waals surface area contributed by atoms with Crippen LogP contribution >= 0.6 is 27.3 Å². The van der Waals surface area contributed by atoms with Gasteiger partial charge in [0.2, 0.25) is 5.13 Å². The Morgan fingerprint density at radius 2 is 1.77 bits per heavy atom. The number of halogens is 4. The van der Waals surface area contributed by atoms with Gasteiger partial charge >= 0.3 is 6.18 Å². The molecule has 0 saturated heterocycles.